The van der Waals surface area contributed by atoms with Crippen molar-refractivity contribution in [2.75, 3.05) is 13.7 Å². The van der Waals surface area contributed by atoms with Crippen molar-refractivity contribution < 1.29 is 14.3 Å². The standard InChI is InChI=1S/C15H22O3/c1-5-18-15(16)13-9-8-12(7-6-11(2)3)10-14(13)17-4/h8-11H,5-7H2,1-4H3. The first kappa shape index (κ1) is 14.6. The van der Waals surface area contributed by atoms with Gasteiger partial charge in [0.05, 0.1) is 13.7 Å². The molecule has 0 aromatic heterocycles. The Bertz CT molecular complexity index is 397. The summed E-state index contributed by atoms with van der Waals surface area (Å²) in [5.74, 6) is 0.931. The lowest BCUT2D eigenvalue weighted by molar-refractivity contribution is 0.0522. The molecule has 0 saturated carbocycles. The summed E-state index contributed by atoms with van der Waals surface area (Å²) in [7, 11) is 1.57. The molecule has 0 amide bonds. The van der Waals surface area contributed by atoms with Crippen molar-refractivity contribution in [3.63, 3.8) is 0 Å². The van der Waals surface area contributed by atoms with E-state index in [2.05, 4.69) is 13.8 Å². The minimum Gasteiger partial charge on any atom is -0.496 e. The predicted molar refractivity (Wildman–Crippen MR) is 72.1 cm³/mol. The van der Waals surface area contributed by atoms with E-state index in [0.29, 0.717) is 23.8 Å². The molecular formula is C15H22O3. The van der Waals surface area contributed by atoms with Gasteiger partial charge in [0.1, 0.15) is 11.3 Å². The summed E-state index contributed by atoms with van der Waals surface area (Å²) in [6.07, 6.45) is 2.12. The van der Waals surface area contributed by atoms with Gasteiger partial charge in [-0.3, -0.25) is 0 Å². The van der Waals surface area contributed by atoms with E-state index in [4.69, 9.17) is 9.47 Å². The highest BCUT2D eigenvalue weighted by molar-refractivity contribution is 5.92. The fraction of sp³-hybridized carbons (Fsp3) is 0.533. The van der Waals surface area contributed by atoms with Crippen molar-refractivity contribution in [1.82, 2.24) is 0 Å². The van der Waals surface area contributed by atoms with Crippen LogP contribution in [0.5, 0.6) is 5.75 Å². The Labute approximate surface area is 109 Å². The van der Waals surface area contributed by atoms with Crippen LogP contribution < -0.4 is 4.74 Å². The molecule has 0 radical (unpaired) electrons. The van der Waals surface area contributed by atoms with Crippen LogP contribution in [0.15, 0.2) is 18.2 Å². The van der Waals surface area contributed by atoms with Crippen molar-refractivity contribution in [2.45, 2.75) is 33.6 Å². The van der Waals surface area contributed by atoms with Crippen LogP contribution in [0.4, 0.5) is 0 Å². The second kappa shape index (κ2) is 7.04. The Kier molecular flexibility index (Phi) is 5.69. The monoisotopic (exact) mass is 250 g/mol. The number of hydrogen-bond acceptors (Lipinski definition) is 3. The van der Waals surface area contributed by atoms with Gasteiger partial charge in [0.2, 0.25) is 0 Å². The molecule has 0 atom stereocenters. The van der Waals surface area contributed by atoms with Gasteiger partial charge in [0.25, 0.3) is 0 Å². The lowest BCUT2D eigenvalue weighted by Gasteiger charge is -2.10. The van der Waals surface area contributed by atoms with Gasteiger partial charge < -0.3 is 9.47 Å². The van der Waals surface area contributed by atoms with Crippen LogP contribution in [0.2, 0.25) is 0 Å². The number of hydrogen-bond donors (Lipinski definition) is 0. The normalized spacial score (nSPS) is 10.5. The molecule has 0 aliphatic carbocycles. The maximum atomic E-state index is 11.7. The van der Waals surface area contributed by atoms with E-state index in [9.17, 15) is 4.79 Å². The predicted octanol–water partition coefficient (Wildman–Crippen LogP) is 3.46. The summed E-state index contributed by atoms with van der Waals surface area (Å²) in [6.45, 7) is 6.56. The highest BCUT2D eigenvalue weighted by Crippen LogP contribution is 2.22. The van der Waals surface area contributed by atoms with Crippen LogP contribution in [0.1, 0.15) is 43.1 Å². The van der Waals surface area contributed by atoms with E-state index in [1.807, 2.05) is 12.1 Å². The molecule has 0 fully saturated rings. The van der Waals surface area contributed by atoms with Gasteiger partial charge in [-0.2, -0.15) is 0 Å². The number of rotatable bonds is 6. The maximum Gasteiger partial charge on any atom is 0.341 e. The Hall–Kier alpha value is -1.51. The zero-order valence-corrected chi connectivity index (χ0v) is 11.7. The molecule has 0 saturated heterocycles. The average molecular weight is 250 g/mol. The third-order valence-corrected chi connectivity index (χ3v) is 2.77. The average Bonchev–Trinajstić information content (AvgIpc) is 2.36. The van der Waals surface area contributed by atoms with Crippen LogP contribution >= 0.6 is 0 Å². The van der Waals surface area contributed by atoms with Gasteiger partial charge in [-0.15, -0.1) is 0 Å². The Morgan fingerprint density at radius 1 is 1.33 bits per heavy atom. The Morgan fingerprint density at radius 2 is 2.06 bits per heavy atom. The smallest absolute Gasteiger partial charge is 0.341 e. The molecule has 1 aromatic carbocycles. The fourth-order valence-electron chi connectivity index (χ4n) is 1.72. The third kappa shape index (κ3) is 4.06. The van der Waals surface area contributed by atoms with Crippen LogP contribution in [0, 0.1) is 5.92 Å². The second-order valence-corrected chi connectivity index (χ2v) is 4.69. The highest BCUT2D eigenvalue weighted by Gasteiger charge is 2.13. The molecule has 18 heavy (non-hydrogen) atoms. The van der Waals surface area contributed by atoms with Crippen molar-refractivity contribution in [1.29, 1.82) is 0 Å². The van der Waals surface area contributed by atoms with Gasteiger partial charge in [0.15, 0.2) is 0 Å². The first-order valence-electron chi connectivity index (χ1n) is 6.42. The molecule has 3 heteroatoms. The minimum absolute atomic E-state index is 0.329. The van der Waals surface area contributed by atoms with E-state index in [1.54, 1.807) is 20.1 Å². The summed E-state index contributed by atoms with van der Waals surface area (Å²) >= 11 is 0. The number of esters is 1. The number of ether oxygens (including phenoxy) is 2. The minimum atomic E-state index is -0.329. The van der Waals surface area contributed by atoms with Crippen LogP contribution in [-0.4, -0.2) is 19.7 Å². The molecule has 100 valence electrons. The summed E-state index contributed by atoms with van der Waals surface area (Å²) < 4.78 is 10.2. The number of carbonyl (C=O) groups excluding carboxylic acids is 1. The number of benzene rings is 1. The van der Waals surface area contributed by atoms with Crippen molar-refractivity contribution in [2.24, 2.45) is 5.92 Å². The number of carbonyl (C=O) groups is 1. The van der Waals surface area contributed by atoms with Gasteiger partial charge in [-0.1, -0.05) is 19.9 Å². The Balaban J connectivity index is 2.86. The van der Waals surface area contributed by atoms with Crippen molar-refractivity contribution in [3.05, 3.63) is 29.3 Å². The lowest BCUT2D eigenvalue weighted by Crippen LogP contribution is -2.07. The zero-order chi connectivity index (χ0) is 13.5. The van der Waals surface area contributed by atoms with Crippen LogP contribution in [0.25, 0.3) is 0 Å². The third-order valence-electron chi connectivity index (χ3n) is 2.77. The Morgan fingerprint density at radius 3 is 2.61 bits per heavy atom. The topological polar surface area (TPSA) is 35.5 Å². The number of methoxy groups -OCH3 is 1. The highest BCUT2D eigenvalue weighted by atomic mass is 16.5. The van der Waals surface area contributed by atoms with E-state index in [0.717, 1.165) is 12.8 Å². The van der Waals surface area contributed by atoms with Gasteiger partial charge in [-0.25, -0.2) is 4.79 Å². The molecular weight excluding hydrogens is 228 g/mol. The largest absolute Gasteiger partial charge is 0.496 e. The van der Waals surface area contributed by atoms with E-state index in [-0.39, 0.29) is 5.97 Å². The van der Waals surface area contributed by atoms with Crippen molar-refractivity contribution >= 4 is 5.97 Å². The number of aryl methyl sites for hydroxylation is 1. The molecule has 0 spiro atoms. The molecule has 0 unspecified atom stereocenters. The first-order chi connectivity index (χ1) is 8.58. The van der Waals surface area contributed by atoms with E-state index in [1.165, 1.54) is 5.56 Å². The SMILES string of the molecule is CCOC(=O)c1ccc(CCC(C)C)cc1OC. The van der Waals surface area contributed by atoms with Gasteiger partial charge in [-0.05, 0) is 43.4 Å². The molecule has 1 aromatic rings. The van der Waals surface area contributed by atoms with Gasteiger partial charge in [0, 0.05) is 0 Å². The second-order valence-electron chi connectivity index (χ2n) is 4.69. The molecule has 0 aliphatic heterocycles. The lowest BCUT2D eigenvalue weighted by atomic mass is 10.0. The molecule has 0 heterocycles. The summed E-state index contributed by atoms with van der Waals surface area (Å²) in [5.41, 5.74) is 1.68. The summed E-state index contributed by atoms with van der Waals surface area (Å²) in [4.78, 5) is 11.7. The maximum absolute atomic E-state index is 11.7. The van der Waals surface area contributed by atoms with E-state index < -0.39 is 0 Å². The zero-order valence-electron chi connectivity index (χ0n) is 11.7. The molecule has 3 nitrogen and oxygen atoms in total. The summed E-state index contributed by atoms with van der Waals surface area (Å²) in [6, 6.07) is 5.68. The van der Waals surface area contributed by atoms with Crippen molar-refractivity contribution in [3.8, 4) is 5.75 Å². The first-order valence-corrected chi connectivity index (χ1v) is 6.42. The quantitative estimate of drug-likeness (QED) is 0.725. The van der Waals surface area contributed by atoms with Gasteiger partial charge >= 0.3 is 5.97 Å². The van der Waals surface area contributed by atoms with Crippen LogP contribution in [0.3, 0.4) is 0 Å². The summed E-state index contributed by atoms with van der Waals surface area (Å²) in [5, 5.41) is 0. The molecule has 0 aliphatic rings. The fourth-order valence-corrected chi connectivity index (χ4v) is 1.72. The van der Waals surface area contributed by atoms with E-state index >= 15 is 0 Å². The molecule has 0 N–H and O–H groups in total. The van der Waals surface area contributed by atoms with Crippen LogP contribution in [-0.2, 0) is 11.2 Å². The molecule has 1 rings (SSSR count). The molecule has 0 bridgehead atoms.